The molecule has 0 fully saturated rings. The molecule has 1 aromatic carbocycles. The number of rotatable bonds is 2. The summed E-state index contributed by atoms with van der Waals surface area (Å²) in [6, 6.07) is 8.05. The lowest BCUT2D eigenvalue weighted by Gasteiger charge is -2.28. The molecule has 0 bridgehead atoms. The number of nitrogens with zero attached hydrogens (tertiary/aromatic N) is 3. The maximum absolute atomic E-state index is 12.1. The number of urea groups is 1. The molecule has 5 N–H and O–H groups in total. The van der Waals surface area contributed by atoms with Crippen LogP contribution in [0.15, 0.2) is 34.9 Å². The first-order chi connectivity index (χ1) is 11.3. The third-order valence-corrected chi connectivity index (χ3v) is 5.32. The third kappa shape index (κ3) is 2.78. The summed E-state index contributed by atoms with van der Waals surface area (Å²) in [5.41, 5.74) is 6.89. The van der Waals surface area contributed by atoms with Crippen molar-refractivity contribution in [2.24, 2.45) is 5.73 Å². The number of nitrogens with two attached hydrogens (primary N) is 1. The molecule has 124 valence electrons. The average molecular weight is 410 g/mol. The molecular weight excluding hydrogens is 398 g/mol. The number of para-hydroxylation sites is 1. The second-order valence-corrected chi connectivity index (χ2v) is 7.68. The number of amides is 2. The molecule has 0 aliphatic carbocycles. The van der Waals surface area contributed by atoms with Gasteiger partial charge in [-0.15, -0.1) is 10.8 Å². The lowest BCUT2D eigenvalue weighted by atomic mass is 10.1. The molecule has 0 saturated carbocycles. The molecule has 8 nitrogen and oxygen atoms in total. The summed E-state index contributed by atoms with van der Waals surface area (Å²) < 4.78 is 23.1. The molecule has 0 saturated heterocycles. The number of fused-ring (bicyclic) bond motifs is 1. The molecule has 2 amide bonds. The lowest BCUT2D eigenvalue weighted by molar-refractivity contribution is 0.256. The van der Waals surface area contributed by atoms with Crippen LogP contribution in [-0.2, 0) is 5.75 Å². The second-order valence-electron chi connectivity index (χ2n) is 5.00. The van der Waals surface area contributed by atoms with Crippen molar-refractivity contribution in [2.75, 3.05) is 9.62 Å². The number of nitrogens with one attached hydrogen (secondary N) is 1. The quantitative estimate of drug-likeness (QED) is 0.598. The van der Waals surface area contributed by atoms with Crippen molar-refractivity contribution in [3.05, 3.63) is 46.2 Å². The van der Waals surface area contributed by atoms with Crippen molar-refractivity contribution in [3.63, 3.8) is 0 Å². The van der Waals surface area contributed by atoms with Crippen LogP contribution in [0.4, 0.5) is 21.9 Å². The van der Waals surface area contributed by atoms with Crippen LogP contribution in [0.3, 0.4) is 0 Å². The monoisotopic (exact) mass is 409 g/mol. The van der Waals surface area contributed by atoms with Crippen LogP contribution in [0.1, 0.15) is 11.3 Å². The smallest absolute Gasteiger partial charge is 0.324 e. The van der Waals surface area contributed by atoms with Crippen LogP contribution in [-0.4, -0.2) is 20.1 Å². The number of benzene rings is 1. The van der Waals surface area contributed by atoms with Gasteiger partial charge in [-0.1, -0.05) is 12.1 Å². The minimum absolute atomic E-state index is 0.0651. The van der Waals surface area contributed by atoms with Gasteiger partial charge < -0.3 is 5.73 Å². The van der Waals surface area contributed by atoms with Gasteiger partial charge >= 0.3 is 6.03 Å². The number of halogens is 1. The summed E-state index contributed by atoms with van der Waals surface area (Å²) in [6.45, 7) is 0. The Bertz CT molecular complexity index is 883. The number of primary amides is 1. The maximum atomic E-state index is 12.1. The number of anilines is 3. The Hall–Kier alpha value is -2.32. The molecule has 0 radical (unpaired) electrons. The van der Waals surface area contributed by atoms with E-state index < -0.39 is 16.8 Å². The van der Waals surface area contributed by atoms with Crippen LogP contribution >= 0.6 is 26.7 Å². The van der Waals surface area contributed by atoms with Gasteiger partial charge in [0.25, 0.3) is 0 Å². The molecule has 2 aromatic rings. The van der Waals surface area contributed by atoms with E-state index in [4.69, 9.17) is 11.0 Å². The molecule has 3 rings (SSSR count). The Morgan fingerprint density at radius 2 is 2.12 bits per heavy atom. The van der Waals surface area contributed by atoms with Crippen molar-refractivity contribution in [1.82, 2.24) is 4.98 Å². The van der Waals surface area contributed by atoms with E-state index in [-0.39, 0.29) is 22.8 Å². The van der Waals surface area contributed by atoms with Gasteiger partial charge in [0.1, 0.15) is 11.8 Å². The zero-order chi connectivity index (χ0) is 17.5. The predicted octanol–water partition coefficient (Wildman–Crippen LogP) is 3.52. The number of nitriles is 1. The molecule has 0 atom stereocenters. The first-order valence-electron chi connectivity index (χ1n) is 6.64. The second kappa shape index (κ2) is 5.95. The molecular formula is C14H12BrN5O3S. The number of carbonyl (C=O) groups excluding carboxylic acids is 1. The Balaban J connectivity index is 2.22. The van der Waals surface area contributed by atoms with Gasteiger partial charge in [-0.25, -0.2) is 9.78 Å². The normalized spacial score (nSPS) is 15.8. The topological polar surface area (TPSA) is 136 Å². The number of carbonyl (C=O) groups is 1. The van der Waals surface area contributed by atoms with Crippen molar-refractivity contribution in [1.29, 1.82) is 5.26 Å². The molecule has 10 heteroatoms. The first kappa shape index (κ1) is 16.5. The lowest BCUT2D eigenvalue weighted by Crippen LogP contribution is -2.32. The van der Waals surface area contributed by atoms with Gasteiger partial charge in [-0.05, 0) is 28.1 Å². The molecule has 1 aromatic heterocycles. The molecule has 24 heavy (non-hydrogen) atoms. The largest absolute Gasteiger partial charge is 0.351 e. The number of hydrogen-bond donors (Lipinski definition) is 4. The molecule has 0 unspecified atom stereocenters. The highest BCUT2D eigenvalue weighted by Gasteiger charge is 2.33. The van der Waals surface area contributed by atoms with Gasteiger partial charge in [-0.3, -0.25) is 18.7 Å². The summed E-state index contributed by atoms with van der Waals surface area (Å²) in [4.78, 5) is 17.3. The summed E-state index contributed by atoms with van der Waals surface area (Å²) >= 11 is 3.36. The maximum Gasteiger partial charge on any atom is 0.324 e. The van der Waals surface area contributed by atoms with Crippen LogP contribution in [0, 0.1) is 11.3 Å². The van der Waals surface area contributed by atoms with Crippen LogP contribution < -0.4 is 15.4 Å². The van der Waals surface area contributed by atoms with Crippen molar-refractivity contribution >= 4 is 49.8 Å². The van der Waals surface area contributed by atoms with Crippen LogP contribution in [0.25, 0.3) is 0 Å². The summed E-state index contributed by atoms with van der Waals surface area (Å²) in [6.07, 6.45) is 1.30. The van der Waals surface area contributed by atoms with Crippen molar-refractivity contribution in [2.45, 2.75) is 5.75 Å². The van der Waals surface area contributed by atoms with E-state index in [1.807, 2.05) is 6.07 Å². The molecule has 2 heterocycles. The van der Waals surface area contributed by atoms with Gasteiger partial charge in [0.05, 0.1) is 29.0 Å². The zero-order valence-corrected chi connectivity index (χ0v) is 14.5. The van der Waals surface area contributed by atoms with E-state index in [0.29, 0.717) is 15.7 Å². The van der Waals surface area contributed by atoms with Crippen molar-refractivity contribution < 1.29 is 13.9 Å². The average Bonchev–Trinajstić information content (AvgIpc) is 2.84. The van der Waals surface area contributed by atoms with E-state index in [1.165, 1.54) is 11.1 Å². The van der Waals surface area contributed by atoms with E-state index in [2.05, 4.69) is 25.6 Å². The van der Waals surface area contributed by atoms with Crippen molar-refractivity contribution in [3.8, 4) is 6.07 Å². The Morgan fingerprint density at radius 3 is 2.75 bits per heavy atom. The highest BCUT2D eigenvalue weighted by molar-refractivity contribution is 9.10. The van der Waals surface area contributed by atoms with E-state index in [0.717, 1.165) is 0 Å². The van der Waals surface area contributed by atoms with E-state index in [9.17, 15) is 13.9 Å². The molecule has 1 aliphatic rings. The fraction of sp³-hybridized carbons (Fsp3) is 0.0714. The number of hydrogen-bond acceptors (Lipinski definition) is 6. The fourth-order valence-corrected chi connectivity index (χ4v) is 4.24. The van der Waals surface area contributed by atoms with Gasteiger partial charge in [0.15, 0.2) is 0 Å². The third-order valence-electron chi connectivity index (χ3n) is 3.43. The summed E-state index contributed by atoms with van der Waals surface area (Å²) in [5, 5.41) is 9.16. The van der Waals surface area contributed by atoms with Crippen LogP contribution in [0.5, 0.6) is 0 Å². The van der Waals surface area contributed by atoms with Gasteiger partial charge in [-0.2, -0.15) is 5.26 Å². The molecule has 0 spiro atoms. The van der Waals surface area contributed by atoms with E-state index >= 15 is 0 Å². The van der Waals surface area contributed by atoms with Crippen LogP contribution in [0.2, 0.25) is 0 Å². The SMILES string of the molecule is N#Cc1ncc(N(C(N)=O)c2ccccc2Br)c2c1CS(O)(O)N2. The standard InChI is InChI=1S/C14H12BrN5O3S/c15-9-3-1-2-4-11(9)20(14(17)21)12-6-18-10(5-16)8-7-24(22,23)19-13(8)12/h1-4,6,19,22-23H,7H2,(H2,17,21). The number of pyridine rings is 1. The fourth-order valence-electron chi connectivity index (χ4n) is 2.46. The summed E-state index contributed by atoms with van der Waals surface area (Å²) in [5.74, 6) is -0.158. The minimum atomic E-state index is -3.14. The molecule has 1 aliphatic heterocycles. The Labute approximate surface area is 147 Å². The minimum Gasteiger partial charge on any atom is -0.351 e. The zero-order valence-electron chi connectivity index (χ0n) is 12.1. The van der Waals surface area contributed by atoms with E-state index in [1.54, 1.807) is 24.3 Å². The van der Waals surface area contributed by atoms with Gasteiger partial charge in [0.2, 0.25) is 0 Å². The Kier molecular flexibility index (Phi) is 4.10. The Morgan fingerprint density at radius 1 is 1.42 bits per heavy atom. The first-order valence-corrected chi connectivity index (χ1v) is 9.14. The predicted molar refractivity (Wildman–Crippen MR) is 95.0 cm³/mol. The highest BCUT2D eigenvalue weighted by Crippen LogP contribution is 2.55. The summed E-state index contributed by atoms with van der Waals surface area (Å²) in [7, 11) is -3.14. The highest BCUT2D eigenvalue weighted by atomic mass is 79.9. The van der Waals surface area contributed by atoms with Gasteiger partial charge in [0, 0.05) is 10.0 Å². The number of aromatic nitrogens is 1.